The molecule has 4 rings (SSSR count). The van der Waals surface area contributed by atoms with Crippen LogP contribution in [0.15, 0.2) is 36.0 Å². The van der Waals surface area contributed by atoms with Gasteiger partial charge in [-0.05, 0) is 29.5 Å². The molecule has 3 aromatic heterocycles. The molecule has 0 saturated carbocycles. The van der Waals surface area contributed by atoms with E-state index in [1.165, 1.54) is 0 Å². The van der Waals surface area contributed by atoms with Crippen molar-refractivity contribution in [2.75, 3.05) is 11.4 Å². The van der Waals surface area contributed by atoms with Crippen LogP contribution < -0.4 is 4.90 Å². The van der Waals surface area contributed by atoms with Gasteiger partial charge < -0.3 is 10.0 Å². The summed E-state index contributed by atoms with van der Waals surface area (Å²) < 4.78 is 1.67. The van der Waals surface area contributed by atoms with Gasteiger partial charge in [-0.25, -0.2) is 14.3 Å². The Morgan fingerprint density at radius 3 is 3.14 bits per heavy atom. The van der Waals surface area contributed by atoms with Crippen LogP contribution in [0.1, 0.15) is 16.5 Å². The molecule has 1 aliphatic rings. The summed E-state index contributed by atoms with van der Waals surface area (Å²) in [5.74, 6) is -0.170. The summed E-state index contributed by atoms with van der Waals surface area (Å²) in [4.78, 5) is 19.3. The van der Waals surface area contributed by atoms with Crippen LogP contribution in [-0.4, -0.2) is 32.2 Å². The lowest BCUT2D eigenvalue weighted by Gasteiger charge is -2.34. The number of fused-ring (bicyclic) bond motifs is 2. The first-order valence-electron chi connectivity index (χ1n) is 6.60. The molecule has 0 spiro atoms. The lowest BCUT2D eigenvalue weighted by Crippen LogP contribution is -2.39. The van der Waals surface area contributed by atoms with Crippen molar-refractivity contribution in [1.29, 1.82) is 0 Å². The van der Waals surface area contributed by atoms with Gasteiger partial charge in [-0.3, -0.25) is 0 Å². The van der Waals surface area contributed by atoms with Gasteiger partial charge in [0.2, 0.25) is 0 Å². The van der Waals surface area contributed by atoms with Crippen molar-refractivity contribution in [3.63, 3.8) is 0 Å². The van der Waals surface area contributed by atoms with E-state index in [0.29, 0.717) is 18.0 Å². The molecular formula is C14H12N4O2S. The average molecular weight is 300 g/mol. The monoisotopic (exact) mass is 300 g/mol. The van der Waals surface area contributed by atoms with Crippen LogP contribution in [0.4, 0.5) is 5.82 Å². The van der Waals surface area contributed by atoms with Crippen molar-refractivity contribution >= 4 is 28.8 Å². The van der Waals surface area contributed by atoms with E-state index < -0.39 is 12.0 Å². The molecule has 106 valence electrons. The molecule has 0 radical (unpaired) electrons. The lowest BCUT2D eigenvalue weighted by atomic mass is 10.00. The van der Waals surface area contributed by atoms with Crippen LogP contribution in [0.25, 0.3) is 5.65 Å². The predicted molar refractivity (Wildman–Crippen MR) is 78.7 cm³/mol. The highest BCUT2D eigenvalue weighted by atomic mass is 32.1. The third-order valence-electron chi connectivity index (χ3n) is 3.74. The Morgan fingerprint density at radius 2 is 2.29 bits per heavy atom. The van der Waals surface area contributed by atoms with Crippen molar-refractivity contribution in [3.05, 3.63) is 46.4 Å². The summed E-state index contributed by atoms with van der Waals surface area (Å²) in [6.45, 7) is 0.655. The minimum atomic E-state index is -0.843. The summed E-state index contributed by atoms with van der Waals surface area (Å²) in [6.07, 6.45) is 4.33. The van der Waals surface area contributed by atoms with Crippen LogP contribution in [0.2, 0.25) is 0 Å². The van der Waals surface area contributed by atoms with E-state index in [1.54, 1.807) is 34.3 Å². The van der Waals surface area contributed by atoms with Crippen LogP contribution in [0, 0.1) is 0 Å². The summed E-state index contributed by atoms with van der Waals surface area (Å²) >= 11 is 1.62. The fourth-order valence-corrected chi connectivity index (χ4v) is 3.70. The van der Waals surface area contributed by atoms with Gasteiger partial charge in [0.1, 0.15) is 5.82 Å². The number of rotatable bonds is 2. The Balaban J connectivity index is 1.81. The Bertz CT molecular complexity index is 825. The first kappa shape index (κ1) is 12.3. The van der Waals surface area contributed by atoms with Crippen molar-refractivity contribution in [2.24, 2.45) is 0 Å². The third kappa shape index (κ3) is 1.89. The number of hydrogen-bond acceptors (Lipinski definition) is 5. The molecule has 6 nitrogen and oxygen atoms in total. The molecule has 0 saturated heterocycles. The zero-order valence-corrected chi connectivity index (χ0v) is 11.8. The number of carboxylic acids is 1. The zero-order chi connectivity index (χ0) is 14.4. The van der Waals surface area contributed by atoms with Crippen molar-refractivity contribution in [3.8, 4) is 0 Å². The average Bonchev–Trinajstić information content (AvgIpc) is 3.13. The smallest absolute Gasteiger partial charge is 0.331 e. The summed E-state index contributed by atoms with van der Waals surface area (Å²) in [5.41, 5.74) is 1.60. The number of carboxylic acid groups (broad SMARTS) is 1. The predicted octanol–water partition coefficient (Wildman–Crippen LogP) is 1.98. The molecule has 7 heteroatoms. The molecule has 0 fully saturated rings. The fraction of sp³-hybridized carbons (Fsp3) is 0.214. The Kier molecular flexibility index (Phi) is 2.68. The highest BCUT2D eigenvalue weighted by Gasteiger charge is 2.34. The van der Waals surface area contributed by atoms with Crippen LogP contribution in [0.3, 0.4) is 0 Å². The summed E-state index contributed by atoms with van der Waals surface area (Å²) in [6, 6.07) is 4.85. The molecule has 1 N–H and O–H groups in total. The van der Waals surface area contributed by atoms with Crippen molar-refractivity contribution < 1.29 is 9.90 Å². The third-order valence-corrected chi connectivity index (χ3v) is 4.73. The van der Waals surface area contributed by atoms with E-state index in [1.807, 2.05) is 22.4 Å². The molecule has 1 unspecified atom stereocenters. The fourth-order valence-electron chi connectivity index (χ4n) is 2.79. The van der Waals surface area contributed by atoms with Crippen LogP contribution in [-0.2, 0) is 11.2 Å². The molecule has 0 bridgehead atoms. The minimum absolute atomic E-state index is 0.655. The van der Waals surface area contributed by atoms with Crippen LogP contribution in [0.5, 0.6) is 0 Å². The van der Waals surface area contributed by atoms with Gasteiger partial charge in [-0.1, -0.05) is 0 Å². The zero-order valence-electron chi connectivity index (χ0n) is 11.0. The largest absolute Gasteiger partial charge is 0.479 e. The second-order valence-corrected chi connectivity index (χ2v) is 5.90. The Hall–Kier alpha value is -2.41. The van der Waals surface area contributed by atoms with Gasteiger partial charge >= 0.3 is 5.97 Å². The topological polar surface area (TPSA) is 70.7 Å². The maximum atomic E-state index is 11.7. The quantitative estimate of drug-likeness (QED) is 0.783. The molecule has 1 atom stereocenters. The van der Waals surface area contributed by atoms with E-state index in [0.717, 1.165) is 16.9 Å². The second-order valence-electron chi connectivity index (χ2n) is 4.90. The molecule has 1 aliphatic heterocycles. The number of hydrogen-bond donors (Lipinski definition) is 1. The van der Waals surface area contributed by atoms with E-state index >= 15 is 0 Å². The standard InChI is InChI=1S/C14H12N4O2S/c19-14(20)13-9-4-8-21-10(9)2-6-17(13)11-3-7-18-12(16-11)1-5-15-18/h1,3-5,7-8,13H,2,6H2,(H,19,20). The molecule has 0 aliphatic carbocycles. The SMILES string of the molecule is O=C(O)C1c2ccsc2CCN1c1ccn2nccc2n1. The van der Waals surface area contributed by atoms with E-state index in [4.69, 9.17) is 0 Å². The van der Waals surface area contributed by atoms with E-state index in [2.05, 4.69) is 10.1 Å². The number of aromatic nitrogens is 3. The van der Waals surface area contributed by atoms with Gasteiger partial charge in [0.05, 0.1) is 6.20 Å². The maximum absolute atomic E-state index is 11.7. The van der Waals surface area contributed by atoms with Gasteiger partial charge in [-0.2, -0.15) is 5.10 Å². The number of thiophene rings is 1. The number of nitrogens with zero attached hydrogens (tertiary/aromatic N) is 4. The number of aliphatic carboxylic acids is 1. The van der Waals surface area contributed by atoms with Gasteiger partial charge in [0.15, 0.2) is 11.7 Å². The Morgan fingerprint density at radius 1 is 1.38 bits per heavy atom. The lowest BCUT2D eigenvalue weighted by molar-refractivity contribution is -0.138. The highest BCUT2D eigenvalue weighted by Crippen LogP contribution is 2.35. The van der Waals surface area contributed by atoms with Gasteiger partial charge in [0.25, 0.3) is 0 Å². The molecule has 0 aromatic carbocycles. The number of carbonyl (C=O) groups is 1. The van der Waals surface area contributed by atoms with Gasteiger partial charge in [-0.15, -0.1) is 11.3 Å². The minimum Gasteiger partial charge on any atom is -0.479 e. The molecular weight excluding hydrogens is 288 g/mol. The molecule has 0 amide bonds. The summed E-state index contributed by atoms with van der Waals surface area (Å²) in [5, 5.41) is 15.7. The van der Waals surface area contributed by atoms with Gasteiger partial charge in [0, 0.05) is 23.7 Å². The molecule has 21 heavy (non-hydrogen) atoms. The maximum Gasteiger partial charge on any atom is 0.331 e. The number of anilines is 1. The Labute approximate surface area is 124 Å². The van der Waals surface area contributed by atoms with Crippen LogP contribution >= 0.6 is 11.3 Å². The normalized spacial score (nSPS) is 17.9. The second kappa shape index (κ2) is 4.56. The highest BCUT2D eigenvalue weighted by molar-refractivity contribution is 7.10. The first-order chi connectivity index (χ1) is 10.2. The van der Waals surface area contributed by atoms with E-state index in [9.17, 15) is 9.90 Å². The van der Waals surface area contributed by atoms with E-state index in [-0.39, 0.29) is 0 Å². The molecule has 4 heterocycles. The summed E-state index contributed by atoms with van der Waals surface area (Å²) in [7, 11) is 0. The first-order valence-corrected chi connectivity index (χ1v) is 7.48. The van der Waals surface area contributed by atoms with Crippen molar-refractivity contribution in [1.82, 2.24) is 14.6 Å². The molecule has 3 aromatic rings. The van der Waals surface area contributed by atoms with Crippen molar-refractivity contribution in [2.45, 2.75) is 12.5 Å².